The van der Waals surface area contributed by atoms with Gasteiger partial charge in [0.15, 0.2) is 5.78 Å². The van der Waals surface area contributed by atoms with Gasteiger partial charge in [-0.25, -0.2) is 9.97 Å². The fourth-order valence-electron chi connectivity index (χ4n) is 1.75. The van der Waals surface area contributed by atoms with E-state index in [2.05, 4.69) is 15.0 Å². The van der Waals surface area contributed by atoms with Crippen LogP contribution in [0.4, 0.5) is 5.69 Å². The van der Waals surface area contributed by atoms with Gasteiger partial charge in [-0.1, -0.05) is 12.1 Å². The predicted molar refractivity (Wildman–Crippen MR) is 81.4 cm³/mol. The zero-order chi connectivity index (χ0) is 15.9. The molecule has 0 bridgehead atoms. The smallest absolute Gasteiger partial charge is 0.286 e. The van der Waals surface area contributed by atoms with Gasteiger partial charge in [-0.05, 0) is 17.7 Å². The molecule has 2 aromatic rings. The van der Waals surface area contributed by atoms with Gasteiger partial charge in [0.05, 0.1) is 32.3 Å². The van der Waals surface area contributed by atoms with Gasteiger partial charge >= 0.3 is 0 Å². The summed E-state index contributed by atoms with van der Waals surface area (Å²) in [5.74, 6) is 0.221. The van der Waals surface area contributed by atoms with E-state index in [-0.39, 0.29) is 23.9 Å². The van der Waals surface area contributed by atoms with E-state index in [4.69, 9.17) is 15.2 Å². The van der Waals surface area contributed by atoms with Crippen LogP contribution in [-0.2, 0) is 11.2 Å². The standard InChI is InChI=1S/C15H16N4O3/c1-21-14-9-17-12(8-18-14)13(20)7-10-4-3-5-11(6-10)19-15(16)22-2/h3-6,8-9H,7H2,1-2H3,(H2,16,19). The largest absolute Gasteiger partial charge is 0.480 e. The molecule has 0 unspecified atom stereocenters. The lowest BCUT2D eigenvalue weighted by molar-refractivity contribution is 0.0987. The molecule has 0 saturated heterocycles. The minimum atomic E-state index is -0.143. The number of rotatable bonds is 5. The van der Waals surface area contributed by atoms with Crippen LogP contribution in [0.15, 0.2) is 41.7 Å². The van der Waals surface area contributed by atoms with Crippen LogP contribution < -0.4 is 10.5 Å². The maximum absolute atomic E-state index is 12.2. The number of hydrogen-bond acceptors (Lipinski definition) is 6. The Kier molecular flexibility index (Phi) is 5.02. The summed E-state index contributed by atoms with van der Waals surface area (Å²) in [7, 11) is 2.93. The van der Waals surface area contributed by atoms with Crippen molar-refractivity contribution in [3.63, 3.8) is 0 Å². The summed E-state index contributed by atoms with van der Waals surface area (Å²) in [4.78, 5) is 24.2. The highest BCUT2D eigenvalue weighted by atomic mass is 16.5. The number of carbonyl (C=O) groups is 1. The Morgan fingerprint density at radius 3 is 2.73 bits per heavy atom. The van der Waals surface area contributed by atoms with E-state index < -0.39 is 0 Å². The predicted octanol–water partition coefficient (Wildman–Crippen LogP) is 1.50. The monoisotopic (exact) mass is 300 g/mol. The fraction of sp³-hybridized carbons (Fsp3) is 0.200. The normalized spacial score (nSPS) is 11.1. The summed E-state index contributed by atoms with van der Waals surface area (Å²) in [6.07, 6.45) is 3.00. The molecule has 1 heterocycles. The highest BCUT2D eigenvalue weighted by Crippen LogP contribution is 2.16. The third-order valence-corrected chi connectivity index (χ3v) is 2.85. The summed E-state index contributed by atoms with van der Waals surface area (Å²) in [6.45, 7) is 0. The number of aromatic nitrogens is 2. The second kappa shape index (κ2) is 7.16. The van der Waals surface area contributed by atoms with Gasteiger partial charge in [0.2, 0.25) is 5.88 Å². The quantitative estimate of drug-likeness (QED) is 0.510. The lowest BCUT2D eigenvalue weighted by Crippen LogP contribution is -2.12. The Labute approximate surface area is 127 Å². The number of aliphatic imine (C=N–C) groups is 1. The first-order valence-electron chi connectivity index (χ1n) is 6.48. The van der Waals surface area contributed by atoms with E-state index >= 15 is 0 Å². The molecule has 1 aromatic carbocycles. The Hall–Kier alpha value is -2.96. The van der Waals surface area contributed by atoms with Gasteiger partial charge in [0.25, 0.3) is 6.02 Å². The van der Waals surface area contributed by atoms with Crippen molar-refractivity contribution in [2.24, 2.45) is 10.7 Å². The second-order valence-corrected chi connectivity index (χ2v) is 4.37. The average molecular weight is 300 g/mol. The van der Waals surface area contributed by atoms with Crippen molar-refractivity contribution in [2.45, 2.75) is 6.42 Å². The number of nitrogens with zero attached hydrogens (tertiary/aromatic N) is 3. The van der Waals surface area contributed by atoms with Gasteiger partial charge in [0.1, 0.15) is 5.69 Å². The van der Waals surface area contributed by atoms with Crippen molar-refractivity contribution in [2.75, 3.05) is 14.2 Å². The summed E-state index contributed by atoms with van der Waals surface area (Å²) in [6, 6.07) is 7.22. The van der Waals surface area contributed by atoms with Crippen molar-refractivity contribution >= 4 is 17.5 Å². The molecule has 7 heteroatoms. The van der Waals surface area contributed by atoms with Crippen LogP contribution in [0, 0.1) is 0 Å². The van der Waals surface area contributed by atoms with Crippen LogP contribution in [0.5, 0.6) is 5.88 Å². The third-order valence-electron chi connectivity index (χ3n) is 2.85. The van der Waals surface area contributed by atoms with Crippen LogP contribution in [0.25, 0.3) is 0 Å². The van der Waals surface area contributed by atoms with Gasteiger partial charge in [0, 0.05) is 6.42 Å². The lowest BCUT2D eigenvalue weighted by atomic mass is 10.1. The number of methoxy groups -OCH3 is 2. The van der Waals surface area contributed by atoms with Crippen molar-refractivity contribution in [1.82, 2.24) is 9.97 Å². The maximum atomic E-state index is 12.2. The van der Waals surface area contributed by atoms with Gasteiger partial charge in [-0.3, -0.25) is 4.79 Å². The second-order valence-electron chi connectivity index (χ2n) is 4.37. The molecule has 2 rings (SSSR count). The molecule has 0 aliphatic rings. The number of Topliss-reactive ketones (excluding diaryl/α,β-unsaturated/α-hetero) is 1. The third kappa shape index (κ3) is 4.02. The number of ketones is 1. The summed E-state index contributed by atoms with van der Waals surface area (Å²) < 4.78 is 9.70. The maximum Gasteiger partial charge on any atom is 0.286 e. The van der Waals surface area contributed by atoms with Crippen LogP contribution >= 0.6 is 0 Å². The molecule has 0 fully saturated rings. The number of carbonyl (C=O) groups excluding carboxylic acids is 1. The Morgan fingerprint density at radius 2 is 2.09 bits per heavy atom. The minimum Gasteiger partial charge on any atom is -0.480 e. The topological polar surface area (TPSA) is 99.7 Å². The molecule has 0 aliphatic carbocycles. The summed E-state index contributed by atoms with van der Waals surface area (Å²) >= 11 is 0. The van der Waals surface area contributed by atoms with Gasteiger partial charge in [-0.2, -0.15) is 4.99 Å². The highest BCUT2D eigenvalue weighted by molar-refractivity contribution is 5.95. The molecule has 114 valence electrons. The van der Waals surface area contributed by atoms with Crippen LogP contribution in [-0.4, -0.2) is 36.0 Å². The molecular formula is C15H16N4O3. The van der Waals surface area contributed by atoms with E-state index in [1.54, 1.807) is 18.2 Å². The molecule has 22 heavy (non-hydrogen) atoms. The molecule has 7 nitrogen and oxygen atoms in total. The molecule has 0 aliphatic heterocycles. The first-order chi connectivity index (χ1) is 10.6. The fourth-order valence-corrected chi connectivity index (χ4v) is 1.75. The summed E-state index contributed by atoms with van der Waals surface area (Å²) in [5, 5.41) is 0. The first-order valence-corrected chi connectivity index (χ1v) is 6.48. The summed E-state index contributed by atoms with van der Waals surface area (Å²) in [5.41, 5.74) is 7.20. The zero-order valence-corrected chi connectivity index (χ0v) is 12.3. The van der Waals surface area contributed by atoms with E-state index in [1.165, 1.54) is 26.6 Å². The zero-order valence-electron chi connectivity index (χ0n) is 12.3. The Morgan fingerprint density at radius 1 is 1.27 bits per heavy atom. The van der Waals surface area contributed by atoms with E-state index in [0.717, 1.165) is 5.56 Å². The highest BCUT2D eigenvalue weighted by Gasteiger charge is 2.10. The van der Waals surface area contributed by atoms with E-state index in [9.17, 15) is 4.79 Å². The Bertz CT molecular complexity index is 683. The number of amidine groups is 1. The van der Waals surface area contributed by atoms with Crippen LogP contribution in [0.3, 0.4) is 0 Å². The van der Waals surface area contributed by atoms with Crippen molar-refractivity contribution in [3.05, 3.63) is 47.9 Å². The average Bonchev–Trinajstić information content (AvgIpc) is 2.55. The molecule has 0 radical (unpaired) electrons. The van der Waals surface area contributed by atoms with Crippen molar-refractivity contribution < 1.29 is 14.3 Å². The molecule has 0 saturated carbocycles. The number of nitrogens with two attached hydrogens (primary N) is 1. The van der Waals surface area contributed by atoms with Crippen LogP contribution in [0.1, 0.15) is 16.1 Å². The first kappa shape index (κ1) is 15.4. The van der Waals surface area contributed by atoms with E-state index in [0.29, 0.717) is 11.6 Å². The molecule has 0 spiro atoms. The van der Waals surface area contributed by atoms with Crippen LogP contribution in [0.2, 0.25) is 0 Å². The molecule has 0 atom stereocenters. The molecule has 0 amide bonds. The van der Waals surface area contributed by atoms with Gasteiger partial charge < -0.3 is 15.2 Å². The van der Waals surface area contributed by atoms with Crippen molar-refractivity contribution in [1.29, 1.82) is 0 Å². The minimum absolute atomic E-state index is 0.0597. The van der Waals surface area contributed by atoms with E-state index in [1.807, 2.05) is 6.07 Å². The lowest BCUT2D eigenvalue weighted by Gasteiger charge is -2.03. The van der Waals surface area contributed by atoms with Gasteiger partial charge in [-0.15, -0.1) is 0 Å². The number of ether oxygens (including phenoxy) is 2. The SMILES string of the molecule is COC(N)=Nc1cccc(CC(=O)c2cnc(OC)cn2)c1. The molecule has 1 aromatic heterocycles. The molecule has 2 N–H and O–H groups in total. The number of benzene rings is 1. The Balaban J connectivity index is 2.12. The number of hydrogen-bond donors (Lipinski definition) is 1. The van der Waals surface area contributed by atoms with Crippen molar-refractivity contribution in [3.8, 4) is 5.88 Å². The molecular weight excluding hydrogens is 284 g/mol.